The Labute approximate surface area is 211 Å². The zero-order valence-electron chi connectivity index (χ0n) is 21.6. The Morgan fingerprint density at radius 2 is 1.56 bits per heavy atom. The van der Waals surface area contributed by atoms with Crippen molar-refractivity contribution in [3.8, 4) is 22.8 Å². The van der Waals surface area contributed by atoms with Gasteiger partial charge in [0.2, 0.25) is 0 Å². The fourth-order valence-corrected chi connectivity index (χ4v) is 5.15. The number of rotatable bonds is 4. The molecular weight excluding hydrogens is 442 g/mol. The first-order valence-corrected chi connectivity index (χ1v) is 12.7. The Morgan fingerprint density at radius 3 is 2.36 bits per heavy atom. The number of hydrogen-bond acceptors (Lipinski definition) is 3. The lowest BCUT2D eigenvalue weighted by atomic mass is 9.82. The molecule has 0 fully saturated rings. The van der Waals surface area contributed by atoms with Gasteiger partial charge in [-0.3, -0.25) is 4.98 Å². The summed E-state index contributed by atoms with van der Waals surface area (Å²) >= 11 is 0. The molecule has 36 heavy (non-hydrogen) atoms. The van der Waals surface area contributed by atoms with Gasteiger partial charge >= 0.3 is 0 Å². The lowest BCUT2D eigenvalue weighted by Crippen LogP contribution is -2.12. The van der Waals surface area contributed by atoms with Gasteiger partial charge in [-0.05, 0) is 76.1 Å². The zero-order chi connectivity index (χ0) is 25.0. The molecule has 3 nitrogen and oxygen atoms in total. The van der Waals surface area contributed by atoms with Crippen LogP contribution < -0.4 is 0 Å². The molecule has 0 atom stereocenters. The first-order chi connectivity index (χ1) is 17.3. The van der Waals surface area contributed by atoms with Crippen molar-refractivity contribution in [2.24, 2.45) is 5.92 Å². The summed E-state index contributed by atoms with van der Waals surface area (Å²) in [6, 6.07) is 25.6. The number of fused-ring (bicyclic) bond motifs is 3. The van der Waals surface area contributed by atoms with Gasteiger partial charge in [-0.25, -0.2) is 0 Å². The van der Waals surface area contributed by atoms with Crippen LogP contribution in [-0.2, 0) is 11.8 Å². The number of furan rings is 2. The van der Waals surface area contributed by atoms with Gasteiger partial charge in [0.15, 0.2) is 17.1 Å². The van der Waals surface area contributed by atoms with Crippen LogP contribution in [0.25, 0.3) is 55.5 Å². The number of nitrogens with zero attached hydrogens (tertiary/aromatic N) is 1. The molecule has 0 spiro atoms. The van der Waals surface area contributed by atoms with E-state index < -0.39 is 0 Å². The molecular formula is C33H31NO2. The predicted octanol–water partition coefficient (Wildman–Crippen LogP) is 9.56. The summed E-state index contributed by atoms with van der Waals surface area (Å²) in [5.41, 5.74) is 6.19. The second kappa shape index (κ2) is 8.37. The van der Waals surface area contributed by atoms with Crippen molar-refractivity contribution >= 4 is 32.7 Å². The van der Waals surface area contributed by atoms with E-state index >= 15 is 0 Å². The molecule has 0 unspecified atom stereocenters. The van der Waals surface area contributed by atoms with Gasteiger partial charge in [0, 0.05) is 22.5 Å². The summed E-state index contributed by atoms with van der Waals surface area (Å²) in [4.78, 5) is 4.77. The molecule has 6 rings (SSSR count). The average molecular weight is 474 g/mol. The third-order valence-corrected chi connectivity index (χ3v) is 6.85. The number of pyridine rings is 1. The van der Waals surface area contributed by atoms with E-state index in [0.717, 1.165) is 51.1 Å². The highest BCUT2D eigenvalue weighted by molar-refractivity contribution is 5.97. The molecule has 0 radical (unpaired) electrons. The van der Waals surface area contributed by atoms with Gasteiger partial charge in [-0.2, -0.15) is 0 Å². The van der Waals surface area contributed by atoms with Crippen molar-refractivity contribution in [2.75, 3.05) is 0 Å². The molecule has 0 N–H and O–H groups in total. The molecule has 3 aromatic carbocycles. The van der Waals surface area contributed by atoms with Crippen LogP contribution in [0.3, 0.4) is 0 Å². The number of aromatic nitrogens is 1. The Hall–Kier alpha value is -3.85. The molecule has 180 valence electrons. The standard InChI is InChI=1S/C33H31NO2/c1-20(2)14-21-10-11-23-18-29(35-28(23)15-21)30-19-24-12-13-34-31(32(24)36-30)25-16-22-8-6-7-9-26(22)27(17-25)33(3,4)5/h6-13,15-20H,14H2,1-5H3. The molecule has 0 aliphatic heterocycles. The Morgan fingerprint density at radius 1 is 0.778 bits per heavy atom. The van der Waals surface area contributed by atoms with Crippen molar-refractivity contribution in [3.63, 3.8) is 0 Å². The van der Waals surface area contributed by atoms with Crippen LogP contribution >= 0.6 is 0 Å². The molecule has 0 aliphatic rings. The van der Waals surface area contributed by atoms with Crippen LogP contribution in [0.1, 0.15) is 45.7 Å². The molecule has 0 amide bonds. The molecule has 0 bridgehead atoms. The summed E-state index contributed by atoms with van der Waals surface area (Å²) < 4.78 is 12.7. The van der Waals surface area contributed by atoms with Crippen LogP contribution in [0.4, 0.5) is 0 Å². The van der Waals surface area contributed by atoms with E-state index in [1.54, 1.807) is 0 Å². The van der Waals surface area contributed by atoms with Crippen molar-refractivity contribution in [1.29, 1.82) is 0 Å². The Kier molecular flexibility index (Phi) is 5.26. The Bertz CT molecular complexity index is 1730. The highest BCUT2D eigenvalue weighted by Crippen LogP contribution is 2.39. The van der Waals surface area contributed by atoms with Crippen molar-refractivity contribution < 1.29 is 8.83 Å². The molecule has 3 heteroatoms. The van der Waals surface area contributed by atoms with Crippen LogP contribution in [0.5, 0.6) is 0 Å². The maximum atomic E-state index is 6.45. The average Bonchev–Trinajstić information content (AvgIpc) is 3.46. The number of hydrogen-bond donors (Lipinski definition) is 0. The van der Waals surface area contributed by atoms with E-state index in [1.165, 1.54) is 21.9 Å². The van der Waals surface area contributed by atoms with Gasteiger partial charge in [-0.1, -0.05) is 71.0 Å². The van der Waals surface area contributed by atoms with Crippen molar-refractivity contribution in [2.45, 2.75) is 46.5 Å². The summed E-state index contributed by atoms with van der Waals surface area (Å²) in [6.45, 7) is 11.2. The van der Waals surface area contributed by atoms with Crippen LogP contribution in [0.2, 0.25) is 0 Å². The van der Waals surface area contributed by atoms with Gasteiger partial charge in [0.25, 0.3) is 0 Å². The lowest BCUT2D eigenvalue weighted by Gasteiger charge is -2.22. The van der Waals surface area contributed by atoms with E-state index in [2.05, 4.69) is 101 Å². The third kappa shape index (κ3) is 3.99. The van der Waals surface area contributed by atoms with E-state index in [0.29, 0.717) is 5.92 Å². The van der Waals surface area contributed by atoms with Gasteiger partial charge < -0.3 is 8.83 Å². The van der Waals surface area contributed by atoms with E-state index in [1.807, 2.05) is 12.3 Å². The van der Waals surface area contributed by atoms with Gasteiger partial charge in [-0.15, -0.1) is 0 Å². The lowest BCUT2D eigenvalue weighted by molar-refractivity contribution is 0.568. The van der Waals surface area contributed by atoms with E-state index in [9.17, 15) is 0 Å². The summed E-state index contributed by atoms with van der Waals surface area (Å²) in [7, 11) is 0. The van der Waals surface area contributed by atoms with E-state index in [4.69, 9.17) is 13.8 Å². The second-order valence-corrected chi connectivity index (χ2v) is 11.3. The van der Waals surface area contributed by atoms with Crippen molar-refractivity contribution in [1.82, 2.24) is 4.98 Å². The normalized spacial score (nSPS) is 12.4. The quantitative estimate of drug-likeness (QED) is 0.256. The molecule has 3 aromatic heterocycles. The SMILES string of the molecule is CC(C)Cc1ccc2cc(-c3cc4ccnc(-c5cc(C(C)(C)C)c6ccccc6c5)c4o3)oc2c1. The maximum absolute atomic E-state index is 6.45. The molecule has 0 saturated carbocycles. The fourth-order valence-electron chi connectivity index (χ4n) is 5.15. The minimum Gasteiger partial charge on any atom is -0.453 e. The van der Waals surface area contributed by atoms with E-state index in [-0.39, 0.29) is 5.41 Å². The Balaban J connectivity index is 1.48. The van der Waals surface area contributed by atoms with Gasteiger partial charge in [0.1, 0.15) is 11.3 Å². The minimum atomic E-state index is 0.000528. The fraction of sp³-hybridized carbons (Fsp3) is 0.242. The zero-order valence-corrected chi connectivity index (χ0v) is 21.6. The molecule has 6 aromatic rings. The van der Waals surface area contributed by atoms with Crippen LogP contribution in [0, 0.1) is 5.92 Å². The second-order valence-electron chi connectivity index (χ2n) is 11.3. The highest BCUT2D eigenvalue weighted by atomic mass is 16.4. The third-order valence-electron chi connectivity index (χ3n) is 6.85. The largest absolute Gasteiger partial charge is 0.453 e. The predicted molar refractivity (Wildman–Crippen MR) is 149 cm³/mol. The summed E-state index contributed by atoms with van der Waals surface area (Å²) in [6.07, 6.45) is 2.90. The first-order valence-electron chi connectivity index (χ1n) is 12.7. The van der Waals surface area contributed by atoms with Crippen molar-refractivity contribution in [3.05, 3.63) is 90.1 Å². The number of benzene rings is 3. The molecule has 0 saturated heterocycles. The summed E-state index contributed by atoms with van der Waals surface area (Å²) in [5, 5.41) is 4.59. The smallest absolute Gasteiger partial charge is 0.170 e. The monoisotopic (exact) mass is 473 g/mol. The first kappa shape index (κ1) is 22.6. The topological polar surface area (TPSA) is 39.2 Å². The van der Waals surface area contributed by atoms with Crippen LogP contribution in [0.15, 0.2) is 87.8 Å². The summed E-state index contributed by atoms with van der Waals surface area (Å²) in [5.74, 6) is 2.06. The highest BCUT2D eigenvalue weighted by Gasteiger charge is 2.21. The molecule has 3 heterocycles. The minimum absolute atomic E-state index is 0.000528. The molecule has 0 aliphatic carbocycles. The van der Waals surface area contributed by atoms with Crippen LogP contribution in [-0.4, -0.2) is 4.98 Å². The van der Waals surface area contributed by atoms with Gasteiger partial charge in [0.05, 0.1) is 0 Å². The maximum Gasteiger partial charge on any atom is 0.170 e.